The Morgan fingerprint density at radius 1 is 1.42 bits per heavy atom. The molecule has 0 aliphatic heterocycles. The van der Waals surface area contributed by atoms with Crippen molar-refractivity contribution >= 4 is 17.7 Å². The molecule has 7 heteroatoms. The molecule has 1 aromatic heterocycles. The number of carboxylic acids is 1. The van der Waals surface area contributed by atoms with Crippen LogP contribution in [0.2, 0.25) is 0 Å². The Balaban J connectivity index is 2.04. The minimum atomic E-state index is -1.10. The summed E-state index contributed by atoms with van der Waals surface area (Å²) in [6.07, 6.45) is 4.46. The predicted octanol–water partition coefficient (Wildman–Crippen LogP) is 0.768. The van der Waals surface area contributed by atoms with E-state index in [1.165, 1.54) is 18.5 Å². The number of nitrogens with zero attached hydrogens (tertiary/aromatic N) is 2. The third-order valence-corrected chi connectivity index (χ3v) is 2.83. The van der Waals surface area contributed by atoms with Gasteiger partial charge in [0.25, 0.3) is 0 Å². The molecule has 102 valence electrons. The molecule has 1 fully saturated rings. The number of rotatable bonds is 5. The van der Waals surface area contributed by atoms with E-state index >= 15 is 0 Å². The number of amides is 2. The van der Waals surface area contributed by atoms with Gasteiger partial charge in [0, 0.05) is 18.8 Å². The lowest BCUT2D eigenvalue weighted by Crippen LogP contribution is -2.38. The Kier molecular flexibility index (Phi) is 3.96. The second-order valence-corrected chi connectivity index (χ2v) is 4.35. The van der Waals surface area contributed by atoms with Crippen LogP contribution in [0.15, 0.2) is 18.5 Å². The van der Waals surface area contributed by atoms with Crippen LogP contribution in [0.3, 0.4) is 0 Å². The number of urea groups is 1. The summed E-state index contributed by atoms with van der Waals surface area (Å²) in [5.41, 5.74) is 0.339. The van der Waals surface area contributed by atoms with E-state index in [9.17, 15) is 9.59 Å². The molecule has 2 rings (SSSR count). The number of aromatic nitrogens is 1. The average molecular weight is 265 g/mol. The molecule has 1 aliphatic rings. The maximum atomic E-state index is 12.0. The van der Waals surface area contributed by atoms with Gasteiger partial charge in [-0.15, -0.1) is 0 Å². The quantitative estimate of drug-likeness (QED) is 0.729. The lowest BCUT2D eigenvalue weighted by atomic mass is 10.2. The third kappa shape index (κ3) is 3.41. The SMILES string of the molecule is O=C(O)c1cncc(NC(=O)N(CCO)C2CC2)c1. The first-order chi connectivity index (χ1) is 9.11. The fourth-order valence-electron chi connectivity index (χ4n) is 1.76. The van der Waals surface area contributed by atoms with E-state index in [0.29, 0.717) is 5.69 Å². The molecule has 1 heterocycles. The molecule has 0 atom stereocenters. The van der Waals surface area contributed by atoms with Crippen LogP contribution in [0.25, 0.3) is 0 Å². The molecule has 0 unspecified atom stereocenters. The van der Waals surface area contributed by atoms with Crippen LogP contribution in [0.4, 0.5) is 10.5 Å². The molecular formula is C12H15N3O4. The topological polar surface area (TPSA) is 103 Å². The van der Waals surface area contributed by atoms with Crippen LogP contribution in [-0.4, -0.2) is 51.3 Å². The minimum absolute atomic E-state index is 0.0120. The molecule has 0 radical (unpaired) electrons. The van der Waals surface area contributed by atoms with E-state index in [1.54, 1.807) is 4.90 Å². The van der Waals surface area contributed by atoms with E-state index in [0.717, 1.165) is 12.8 Å². The van der Waals surface area contributed by atoms with Crippen molar-refractivity contribution in [3.8, 4) is 0 Å². The van der Waals surface area contributed by atoms with Crippen molar-refractivity contribution in [2.75, 3.05) is 18.5 Å². The summed E-state index contributed by atoms with van der Waals surface area (Å²) in [7, 11) is 0. The van der Waals surface area contributed by atoms with Crippen LogP contribution < -0.4 is 5.32 Å². The fourth-order valence-corrected chi connectivity index (χ4v) is 1.76. The first-order valence-electron chi connectivity index (χ1n) is 5.98. The normalized spacial score (nSPS) is 13.9. The number of pyridine rings is 1. The molecule has 0 bridgehead atoms. The zero-order valence-corrected chi connectivity index (χ0v) is 10.2. The van der Waals surface area contributed by atoms with Crippen molar-refractivity contribution in [1.29, 1.82) is 0 Å². The molecule has 2 amide bonds. The van der Waals surface area contributed by atoms with Crippen molar-refractivity contribution in [3.05, 3.63) is 24.0 Å². The summed E-state index contributed by atoms with van der Waals surface area (Å²) in [5.74, 6) is -1.10. The summed E-state index contributed by atoms with van der Waals surface area (Å²) in [5, 5.41) is 20.4. The standard InChI is InChI=1S/C12H15N3O4/c16-4-3-15(10-1-2-10)12(19)14-9-5-8(11(17)18)6-13-7-9/h5-7,10,16H,1-4H2,(H,14,19)(H,17,18). The van der Waals surface area contributed by atoms with Crippen molar-refractivity contribution in [2.24, 2.45) is 0 Å². The van der Waals surface area contributed by atoms with Crippen molar-refractivity contribution in [1.82, 2.24) is 9.88 Å². The largest absolute Gasteiger partial charge is 0.478 e. The molecule has 3 N–H and O–H groups in total. The van der Waals surface area contributed by atoms with Crippen molar-refractivity contribution in [3.63, 3.8) is 0 Å². The smallest absolute Gasteiger partial charge is 0.337 e. The number of nitrogens with one attached hydrogen (secondary N) is 1. The Morgan fingerprint density at radius 2 is 2.16 bits per heavy atom. The van der Waals surface area contributed by atoms with Gasteiger partial charge in [0.05, 0.1) is 24.1 Å². The number of aliphatic hydroxyl groups excluding tert-OH is 1. The van der Waals surface area contributed by atoms with Crippen LogP contribution >= 0.6 is 0 Å². The van der Waals surface area contributed by atoms with Crippen molar-refractivity contribution < 1.29 is 19.8 Å². The number of hydrogen-bond acceptors (Lipinski definition) is 4. The lowest BCUT2D eigenvalue weighted by molar-refractivity contribution is 0.0696. The van der Waals surface area contributed by atoms with E-state index in [2.05, 4.69) is 10.3 Å². The van der Waals surface area contributed by atoms with E-state index in [1.807, 2.05) is 0 Å². The Bertz CT molecular complexity index is 488. The maximum absolute atomic E-state index is 12.0. The van der Waals surface area contributed by atoms with E-state index in [-0.39, 0.29) is 30.8 Å². The summed E-state index contributed by atoms with van der Waals surface area (Å²) >= 11 is 0. The van der Waals surface area contributed by atoms with Gasteiger partial charge in [0.15, 0.2) is 0 Å². The number of carbonyl (C=O) groups excluding carboxylic acids is 1. The summed E-state index contributed by atoms with van der Waals surface area (Å²) in [6.45, 7) is 0.167. The third-order valence-electron chi connectivity index (χ3n) is 2.83. The number of aromatic carboxylic acids is 1. The Hall–Kier alpha value is -2.15. The van der Waals surface area contributed by atoms with E-state index < -0.39 is 5.97 Å². The Labute approximate surface area is 109 Å². The maximum Gasteiger partial charge on any atom is 0.337 e. The number of anilines is 1. The lowest BCUT2D eigenvalue weighted by Gasteiger charge is -2.21. The van der Waals surface area contributed by atoms with Gasteiger partial charge in [0.2, 0.25) is 0 Å². The molecule has 1 aliphatic carbocycles. The highest BCUT2D eigenvalue weighted by atomic mass is 16.4. The monoisotopic (exact) mass is 265 g/mol. The summed E-state index contributed by atoms with van der Waals surface area (Å²) in [4.78, 5) is 28.1. The van der Waals surface area contributed by atoms with Gasteiger partial charge in [-0.05, 0) is 18.9 Å². The molecule has 0 aromatic carbocycles. The fraction of sp³-hybridized carbons (Fsp3) is 0.417. The Morgan fingerprint density at radius 3 is 2.74 bits per heavy atom. The van der Waals surface area contributed by atoms with Crippen LogP contribution in [0, 0.1) is 0 Å². The van der Waals surface area contributed by atoms with Gasteiger partial charge >= 0.3 is 12.0 Å². The zero-order chi connectivity index (χ0) is 13.8. The van der Waals surface area contributed by atoms with Crippen molar-refractivity contribution in [2.45, 2.75) is 18.9 Å². The second kappa shape index (κ2) is 5.66. The zero-order valence-electron chi connectivity index (χ0n) is 10.2. The summed E-state index contributed by atoms with van der Waals surface area (Å²) in [6, 6.07) is 1.17. The average Bonchev–Trinajstić information content (AvgIpc) is 3.20. The highest BCUT2D eigenvalue weighted by Crippen LogP contribution is 2.27. The molecule has 0 saturated heterocycles. The van der Waals surface area contributed by atoms with Gasteiger partial charge in [-0.3, -0.25) is 4.98 Å². The van der Waals surface area contributed by atoms with Crippen LogP contribution in [-0.2, 0) is 0 Å². The summed E-state index contributed by atoms with van der Waals surface area (Å²) < 4.78 is 0. The molecule has 1 saturated carbocycles. The predicted molar refractivity (Wildman–Crippen MR) is 67.0 cm³/mol. The van der Waals surface area contributed by atoms with Crippen LogP contribution in [0.5, 0.6) is 0 Å². The highest BCUT2D eigenvalue weighted by Gasteiger charge is 2.32. The molecular weight excluding hydrogens is 250 g/mol. The number of carboxylic acid groups (broad SMARTS) is 1. The molecule has 0 spiro atoms. The van der Waals surface area contributed by atoms with Gasteiger partial charge < -0.3 is 20.4 Å². The van der Waals surface area contributed by atoms with Gasteiger partial charge in [0.1, 0.15) is 0 Å². The minimum Gasteiger partial charge on any atom is -0.478 e. The second-order valence-electron chi connectivity index (χ2n) is 4.35. The van der Waals surface area contributed by atoms with E-state index in [4.69, 9.17) is 10.2 Å². The highest BCUT2D eigenvalue weighted by molar-refractivity contribution is 5.92. The number of hydrogen-bond donors (Lipinski definition) is 3. The van der Waals surface area contributed by atoms with Gasteiger partial charge in [-0.25, -0.2) is 9.59 Å². The number of aliphatic hydroxyl groups is 1. The first-order valence-corrected chi connectivity index (χ1v) is 5.98. The molecule has 19 heavy (non-hydrogen) atoms. The first kappa shape index (κ1) is 13.3. The molecule has 7 nitrogen and oxygen atoms in total. The van der Waals surface area contributed by atoms with Gasteiger partial charge in [-0.2, -0.15) is 0 Å². The molecule has 1 aromatic rings. The van der Waals surface area contributed by atoms with Gasteiger partial charge in [-0.1, -0.05) is 0 Å². The number of carbonyl (C=O) groups is 2. The van der Waals surface area contributed by atoms with Crippen LogP contribution in [0.1, 0.15) is 23.2 Å².